The van der Waals surface area contributed by atoms with Gasteiger partial charge in [-0.15, -0.1) is 0 Å². The van der Waals surface area contributed by atoms with Crippen LogP contribution in [0.3, 0.4) is 0 Å². The first-order chi connectivity index (χ1) is 20.3. The van der Waals surface area contributed by atoms with Crippen molar-refractivity contribution in [3.8, 4) is 0 Å². The van der Waals surface area contributed by atoms with Crippen LogP contribution in [0.2, 0.25) is 0 Å². The Hall–Kier alpha value is -3.10. The Kier molecular flexibility index (Phi) is 7.74. The molecule has 9 nitrogen and oxygen atoms in total. The lowest BCUT2D eigenvalue weighted by Crippen LogP contribution is -2.59. The van der Waals surface area contributed by atoms with Gasteiger partial charge >= 0.3 is 6.18 Å². The van der Waals surface area contributed by atoms with Crippen molar-refractivity contribution in [3.05, 3.63) is 41.2 Å². The molecule has 2 aromatic heterocycles. The molecule has 3 aliphatic rings. The van der Waals surface area contributed by atoms with E-state index in [1.54, 1.807) is 0 Å². The molecule has 4 heterocycles. The van der Waals surface area contributed by atoms with Gasteiger partial charge in [-0.05, 0) is 57.2 Å². The predicted molar refractivity (Wildman–Crippen MR) is 152 cm³/mol. The van der Waals surface area contributed by atoms with Crippen LogP contribution in [-0.4, -0.2) is 68.2 Å². The SMILES string of the molecule is Cc1nc2c(N3C[C@@H](C)N(C(c4ccc(C(F)(F)F)cc4)C4CC(F)(F)C4)C[C@@H]3C)nc(NN)nc2n1C[C@@H]1CCCO1. The average Bonchev–Trinajstić information content (AvgIpc) is 3.56. The summed E-state index contributed by atoms with van der Waals surface area (Å²) in [4.78, 5) is 18.5. The van der Waals surface area contributed by atoms with Crippen LogP contribution in [0.1, 0.15) is 62.5 Å². The molecule has 0 spiro atoms. The first-order valence-electron chi connectivity index (χ1n) is 14.7. The van der Waals surface area contributed by atoms with Gasteiger partial charge in [0.1, 0.15) is 5.82 Å². The summed E-state index contributed by atoms with van der Waals surface area (Å²) in [6.07, 6.45) is -3.01. The van der Waals surface area contributed by atoms with Crippen LogP contribution >= 0.6 is 0 Å². The molecule has 3 fully saturated rings. The van der Waals surface area contributed by atoms with Gasteiger partial charge in [0.25, 0.3) is 0 Å². The third-order valence-electron chi connectivity index (χ3n) is 9.12. The fourth-order valence-corrected chi connectivity index (χ4v) is 6.94. The highest BCUT2D eigenvalue weighted by Gasteiger charge is 2.51. The van der Waals surface area contributed by atoms with Crippen LogP contribution < -0.4 is 16.2 Å². The van der Waals surface area contributed by atoms with E-state index in [1.165, 1.54) is 12.1 Å². The number of aryl methyl sites for hydroxylation is 1. The zero-order valence-corrected chi connectivity index (χ0v) is 24.4. The van der Waals surface area contributed by atoms with Gasteiger partial charge in [0.2, 0.25) is 11.9 Å². The predicted octanol–water partition coefficient (Wildman–Crippen LogP) is 5.30. The van der Waals surface area contributed by atoms with Crippen molar-refractivity contribution in [2.75, 3.05) is 30.0 Å². The van der Waals surface area contributed by atoms with Gasteiger partial charge in [0.15, 0.2) is 17.0 Å². The Labute approximate surface area is 246 Å². The van der Waals surface area contributed by atoms with Crippen LogP contribution in [-0.2, 0) is 17.5 Å². The Morgan fingerprint density at radius 1 is 1.07 bits per heavy atom. The maximum Gasteiger partial charge on any atom is 0.416 e. The largest absolute Gasteiger partial charge is 0.416 e. The number of imidazole rings is 1. The smallest absolute Gasteiger partial charge is 0.376 e. The molecule has 1 aromatic carbocycles. The van der Waals surface area contributed by atoms with E-state index in [4.69, 9.17) is 20.5 Å². The molecule has 43 heavy (non-hydrogen) atoms. The second-order valence-corrected chi connectivity index (χ2v) is 12.2. The summed E-state index contributed by atoms with van der Waals surface area (Å²) < 4.78 is 75.8. The van der Waals surface area contributed by atoms with Gasteiger partial charge in [-0.25, -0.2) is 19.6 Å². The summed E-state index contributed by atoms with van der Waals surface area (Å²) in [7, 11) is 0. The number of anilines is 2. The van der Waals surface area contributed by atoms with Gasteiger partial charge in [-0.2, -0.15) is 23.1 Å². The zero-order valence-electron chi connectivity index (χ0n) is 24.4. The molecular formula is C29H37F5N8O. The van der Waals surface area contributed by atoms with Crippen LogP contribution in [0.15, 0.2) is 24.3 Å². The van der Waals surface area contributed by atoms with Crippen molar-refractivity contribution >= 4 is 22.9 Å². The second kappa shape index (κ2) is 11.1. The molecule has 1 saturated carbocycles. The van der Waals surface area contributed by atoms with Crippen molar-refractivity contribution in [2.45, 2.75) is 89.3 Å². The normalized spacial score (nSPS) is 25.7. The minimum atomic E-state index is -4.47. The number of hydrogen-bond donors (Lipinski definition) is 2. The van der Waals surface area contributed by atoms with Crippen molar-refractivity contribution in [2.24, 2.45) is 11.8 Å². The van der Waals surface area contributed by atoms with Crippen molar-refractivity contribution in [1.29, 1.82) is 0 Å². The number of nitrogens with two attached hydrogens (primary N) is 1. The number of halogens is 5. The lowest BCUT2D eigenvalue weighted by Gasteiger charge is -2.52. The van der Waals surface area contributed by atoms with Crippen molar-refractivity contribution in [3.63, 3.8) is 0 Å². The third-order valence-corrected chi connectivity index (χ3v) is 9.12. The Morgan fingerprint density at radius 3 is 2.40 bits per heavy atom. The van der Waals surface area contributed by atoms with Crippen LogP contribution in [0.25, 0.3) is 11.2 Å². The van der Waals surface area contributed by atoms with E-state index in [9.17, 15) is 22.0 Å². The number of benzene rings is 1. The summed E-state index contributed by atoms with van der Waals surface area (Å²) in [5.41, 5.74) is 3.71. The van der Waals surface area contributed by atoms with Crippen LogP contribution in [0, 0.1) is 12.8 Å². The molecule has 2 saturated heterocycles. The number of ether oxygens (including phenoxy) is 1. The fraction of sp³-hybridized carbons (Fsp3) is 0.621. The Morgan fingerprint density at radius 2 is 1.79 bits per heavy atom. The van der Waals surface area contributed by atoms with E-state index in [-0.39, 0.29) is 42.9 Å². The number of fused-ring (bicyclic) bond motifs is 1. The van der Waals surface area contributed by atoms with E-state index >= 15 is 0 Å². The maximum absolute atomic E-state index is 14.1. The fourth-order valence-electron chi connectivity index (χ4n) is 6.94. The minimum absolute atomic E-state index is 0.0762. The zero-order chi connectivity index (χ0) is 30.7. The van der Waals surface area contributed by atoms with Crippen LogP contribution in [0.4, 0.5) is 33.7 Å². The molecule has 1 aliphatic carbocycles. The highest BCUT2D eigenvalue weighted by Crippen LogP contribution is 2.51. The molecule has 1 unspecified atom stereocenters. The number of nitrogen functional groups attached to an aromatic ring is 1. The number of hydrazine groups is 1. The summed E-state index contributed by atoms with van der Waals surface area (Å²) in [5.74, 6) is 4.29. The number of nitrogens with zero attached hydrogens (tertiary/aromatic N) is 6. The lowest BCUT2D eigenvalue weighted by molar-refractivity contribution is -0.138. The van der Waals surface area contributed by atoms with E-state index in [1.807, 2.05) is 25.3 Å². The van der Waals surface area contributed by atoms with Gasteiger partial charge < -0.3 is 14.2 Å². The Balaban J connectivity index is 1.31. The summed E-state index contributed by atoms with van der Waals surface area (Å²) in [6, 6.07) is 4.25. The molecule has 0 radical (unpaired) electrons. The molecule has 6 rings (SSSR count). The standard InChI is InChI=1S/C29H37F5N8O/c1-16-14-41(25-23-26(38-27(37-25)39-35)42(18(3)36-23)15-22-5-4-10-43-22)17(2)13-40(16)24(20-11-28(30,31)12-20)19-6-8-21(9-7-19)29(32,33)34/h6-9,16-17,20,22,24H,4-5,10-15,35H2,1-3H3,(H,37,38,39)/t16-,17+,22+,24?/m1/s1. The minimum Gasteiger partial charge on any atom is -0.376 e. The number of piperazine rings is 1. The van der Waals surface area contributed by atoms with Gasteiger partial charge in [0.05, 0.1) is 18.2 Å². The molecular weight excluding hydrogens is 571 g/mol. The lowest BCUT2D eigenvalue weighted by atomic mass is 9.73. The van der Waals surface area contributed by atoms with E-state index in [2.05, 4.69) is 20.2 Å². The first-order valence-corrected chi connectivity index (χ1v) is 14.7. The molecule has 3 N–H and O–H groups in total. The van der Waals surface area contributed by atoms with Gasteiger partial charge in [-0.1, -0.05) is 12.1 Å². The van der Waals surface area contributed by atoms with Crippen LogP contribution in [0.5, 0.6) is 0 Å². The number of hydrogen-bond acceptors (Lipinski definition) is 8. The molecule has 2 aliphatic heterocycles. The number of alkyl halides is 5. The summed E-state index contributed by atoms with van der Waals surface area (Å²) in [6.45, 7) is 8.28. The second-order valence-electron chi connectivity index (χ2n) is 12.2. The van der Waals surface area contributed by atoms with Gasteiger partial charge in [0, 0.05) is 50.7 Å². The first kappa shape index (κ1) is 29.9. The number of nitrogens with one attached hydrogen (secondary N) is 1. The average molecular weight is 609 g/mol. The van der Waals surface area contributed by atoms with E-state index < -0.39 is 23.7 Å². The van der Waals surface area contributed by atoms with Crippen molar-refractivity contribution in [1.82, 2.24) is 24.4 Å². The van der Waals surface area contributed by atoms with Gasteiger partial charge in [-0.3, -0.25) is 10.3 Å². The molecule has 0 bridgehead atoms. The molecule has 0 amide bonds. The highest BCUT2D eigenvalue weighted by molar-refractivity contribution is 5.85. The third kappa shape index (κ3) is 5.76. The highest BCUT2D eigenvalue weighted by atomic mass is 19.4. The Bertz CT molecular complexity index is 1450. The molecule has 234 valence electrons. The van der Waals surface area contributed by atoms with E-state index in [0.29, 0.717) is 42.2 Å². The van der Waals surface area contributed by atoms with E-state index in [0.717, 1.165) is 37.4 Å². The monoisotopic (exact) mass is 608 g/mol. The molecule has 14 heteroatoms. The summed E-state index contributed by atoms with van der Waals surface area (Å²) >= 11 is 0. The quantitative estimate of drug-likeness (QED) is 0.212. The van der Waals surface area contributed by atoms with Crippen molar-refractivity contribution < 1.29 is 26.7 Å². The number of rotatable bonds is 7. The topological polar surface area (TPSA) is 97.4 Å². The maximum atomic E-state index is 14.1. The number of aromatic nitrogens is 4. The summed E-state index contributed by atoms with van der Waals surface area (Å²) in [5, 5.41) is 0. The molecule has 3 aromatic rings. The molecule has 4 atom stereocenters.